The molecule has 1 aliphatic rings. The maximum Gasteiger partial charge on any atom is 0.313 e. The number of amides is 1. The normalized spacial score (nSPS) is 17.9. The number of para-hydroxylation sites is 2. The van der Waals surface area contributed by atoms with Crippen LogP contribution in [0.5, 0.6) is 5.75 Å². The third-order valence-electron chi connectivity index (χ3n) is 6.18. The number of methoxy groups -OCH3 is 1. The van der Waals surface area contributed by atoms with E-state index in [9.17, 15) is 14.7 Å². The summed E-state index contributed by atoms with van der Waals surface area (Å²) in [6, 6.07) is 21.5. The molecule has 1 aromatic heterocycles. The lowest BCUT2D eigenvalue weighted by atomic mass is 9.79. The van der Waals surface area contributed by atoms with Crippen molar-refractivity contribution in [1.29, 1.82) is 0 Å². The number of aromatic nitrogens is 1. The van der Waals surface area contributed by atoms with E-state index in [1.54, 1.807) is 36.3 Å². The molecule has 2 atom stereocenters. The van der Waals surface area contributed by atoms with Gasteiger partial charge in [0.15, 0.2) is 0 Å². The molecule has 2 unspecified atom stereocenters. The summed E-state index contributed by atoms with van der Waals surface area (Å²) in [5.41, 5.74) is 3.46. The number of aliphatic carboxylic acids is 1. The van der Waals surface area contributed by atoms with Crippen LogP contribution in [0.1, 0.15) is 39.0 Å². The van der Waals surface area contributed by atoms with Crippen molar-refractivity contribution >= 4 is 22.8 Å². The molecule has 0 aliphatic carbocycles. The van der Waals surface area contributed by atoms with Crippen molar-refractivity contribution in [3.05, 3.63) is 101 Å². The zero-order chi connectivity index (χ0) is 22.2. The van der Waals surface area contributed by atoms with Gasteiger partial charge in [-0.15, -0.1) is 0 Å². The van der Waals surface area contributed by atoms with E-state index in [1.807, 2.05) is 54.7 Å². The van der Waals surface area contributed by atoms with Gasteiger partial charge < -0.3 is 19.7 Å². The lowest BCUT2D eigenvalue weighted by molar-refractivity contribution is -0.140. The van der Waals surface area contributed by atoms with Gasteiger partial charge in [-0.25, -0.2) is 0 Å². The summed E-state index contributed by atoms with van der Waals surface area (Å²) in [7, 11) is 1.59. The zero-order valence-electron chi connectivity index (χ0n) is 17.5. The number of carbonyl (C=O) groups excluding carboxylic acids is 1. The van der Waals surface area contributed by atoms with Crippen LogP contribution >= 0.6 is 0 Å². The number of rotatable bonds is 5. The van der Waals surface area contributed by atoms with Gasteiger partial charge in [0.2, 0.25) is 0 Å². The smallest absolute Gasteiger partial charge is 0.313 e. The molecule has 2 N–H and O–H groups in total. The Kier molecular flexibility index (Phi) is 4.90. The van der Waals surface area contributed by atoms with E-state index in [0.29, 0.717) is 16.9 Å². The number of carbonyl (C=O) groups is 2. The average Bonchev–Trinajstić information content (AvgIpc) is 3.24. The highest BCUT2D eigenvalue weighted by Crippen LogP contribution is 2.45. The fourth-order valence-electron chi connectivity index (χ4n) is 4.74. The highest BCUT2D eigenvalue weighted by molar-refractivity contribution is 6.01. The van der Waals surface area contributed by atoms with Gasteiger partial charge in [0, 0.05) is 33.8 Å². The summed E-state index contributed by atoms with van der Waals surface area (Å²) in [5.74, 6) is -1.41. The number of benzene rings is 3. The van der Waals surface area contributed by atoms with Crippen molar-refractivity contribution in [3.8, 4) is 5.75 Å². The lowest BCUT2D eigenvalue weighted by Crippen LogP contribution is -2.44. The van der Waals surface area contributed by atoms with Crippen LogP contribution in [0.15, 0.2) is 79.0 Å². The SMILES string of the molecule is COc1ccccc1CN1C(=O)c2ccccc2C(C(=O)O)C1c1c[nH]c2ccccc12. The molecular weight excluding hydrogens is 404 g/mol. The molecule has 6 nitrogen and oxygen atoms in total. The van der Waals surface area contributed by atoms with E-state index >= 15 is 0 Å². The van der Waals surface area contributed by atoms with Gasteiger partial charge in [0.05, 0.1) is 19.7 Å². The van der Waals surface area contributed by atoms with Crippen LogP contribution in [0.2, 0.25) is 0 Å². The second-order valence-electron chi connectivity index (χ2n) is 7.88. The molecule has 3 aromatic carbocycles. The average molecular weight is 426 g/mol. The molecule has 0 bridgehead atoms. The summed E-state index contributed by atoms with van der Waals surface area (Å²) >= 11 is 0. The predicted molar refractivity (Wildman–Crippen MR) is 121 cm³/mol. The van der Waals surface area contributed by atoms with Gasteiger partial charge in [-0.2, -0.15) is 0 Å². The lowest BCUT2D eigenvalue weighted by Gasteiger charge is -2.40. The summed E-state index contributed by atoms with van der Waals surface area (Å²) in [5, 5.41) is 11.2. The van der Waals surface area contributed by atoms with Crippen molar-refractivity contribution in [2.24, 2.45) is 0 Å². The van der Waals surface area contributed by atoms with Crippen molar-refractivity contribution in [1.82, 2.24) is 9.88 Å². The Morgan fingerprint density at radius 3 is 2.53 bits per heavy atom. The highest BCUT2D eigenvalue weighted by atomic mass is 16.5. The van der Waals surface area contributed by atoms with E-state index < -0.39 is 17.9 Å². The Morgan fingerprint density at radius 2 is 1.72 bits per heavy atom. The number of carboxylic acid groups (broad SMARTS) is 1. The highest BCUT2D eigenvalue weighted by Gasteiger charge is 2.45. The first-order valence-electron chi connectivity index (χ1n) is 10.4. The molecule has 0 saturated heterocycles. The quantitative estimate of drug-likeness (QED) is 0.483. The van der Waals surface area contributed by atoms with Crippen LogP contribution in [-0.2, 0) is 11.3 Å². The van der Waals surface area contributed by atoms with Crippen molar-refractivity contribution in [2.75, 3.05) is 7.11 Å². The van der Waals surface area contributed by atoms with E-state index in [4.69, 9.17) is 4.74 Å². The Morgan fingerprint density at radius 1 is 1.00 bits per heavy atom. The Bertz CT molecular complexity index is 1330. The first-order chi connectivity index (χ1) is 15.6. The van der Waals surface area contributed by atoms with Gasteiger partial charge in [-0.1, -0.05) is 54.6 Å². The maximum atomic E-state index is 13.7. The van der Waals surface area contributed by atoms with E-state index in [0.717, 1.165) is 22.0 Å². The molecule has 160 valence electrons. The fourth-order valence-corrected chi connectivity index (χ4v) is 4.74. The van der Waals surface area contributed by atoms with E-state index in [-0.39, 0.29) is 12.5 Å². The second-order valence-corrected chi connectivity index (χ2v) is 7.88. The maximum absolute atomic E-state index is 13.7. The topological polar surface area (TPSA) is 82.6 Å². The first-order valence-corrected chi connectivity index (χ1v) is 10.4. The molecule has 4 aromatic rings. The van der Waals surface area contributed by atoms with Gasteiger partial charge in [-0.05, 0) is 23.8 Å². The van der Waals surface area contributed by atoms with Crippen LogP contribution in [0.25, 0.3) is 10.9 Å². The van der Waals surface area contributed by atoms with Crippen LogP contribution in [0.3, 0.4) is 0 Å². The molecule has 5 rings (SSSR count). The molecule has 0 radical (unpaired) electrons. The van der Waals surface area contributed by atoms with Crippen molar-refractivity contribution in [2.45, 2.75) is 18.5 Å². The molecule has 6 heteroatoms. The van der Waals surface area contributed by atoms with Gasteiger partial charge in [-0.3, -0.25) is 9.59 Å². The zero-order valence-corrected chi connectivity index (χ0v) is 17.5. The van der Waals surface area contributed by atoms with Crippen LogP contribution in [0.4, 0.5) is 0 Å². The predicted octanol–water partition coefficient (Wildman–Crippen LogP) is 4.74. The summed E-state index contributed by atoms with van der Waals surface area (Å²) in [6.45, 7) is 0.227. The van der Waals surface area contributed by atoms with Crippen molar-refractivity contribution in [3.63, 3.8) is 0 Å². The largest absolute Gasteiger partial charge is 0.496 e. The number of carboxylic acids is 1. The number of nitrogens with zero attached hydrogens (tertiary/aromatic N) is 1. The van der Waals surface area contributed by atoms with E-state index in [1.165, 1.54) is 0 Å². The van der Waals surface area contributed by atoms with Gasteiger partial charge >= 0.3 is 5.97 Å². The summed E-state index contributed by atoms with van der Waals surface area (Å²) in [4.78, 5) is 31.2. The third kappa shape index (κ3) is 3.12. The molecule has 0 saturated carbocycles. The molecule has 1 aliphatic heterocycles. The fraction of sp³-hybridized carbons (Fsp3) is 0.154. The molecular formula is C26H22N2O4. The van der Waals surface area contributed by atoms with Crippen LogP contribution in [0, 0.1) is 0 Å². The Balaban J connectivity index is 1.73. The Hall–Kier alpha value is -4.06. The molecule has 32 heavy (non-hydrogen) atoms. The number of H-pyrrole nitrogens is 1. The van der Waals surface area contributed by atoms with Crippen LogP contribution in [-0.4, -0.2) is 34.0 Å². The van der Waals surface area contributed by atoms with Crippen LogP contribution < -0.4 is 4.74 Å². The number of hydrogen-bond acceptors (Lipinski definition) is 3. The minimum atomic E-state index is -0.967. The van der Waals surface area contributed by atoms with Gasteiger partial charge in [0.1, 0.15) is 11.7 Å². The second kappa shape index (κ2) is 7.89. The van der Waals surface area contributed by atoms with Gasteiger partial charge in [0.25, 0.3) is 5.91 Å². The first kappa shape index (κ1) is 19.9. The number of aromatic amines is 1. The number of nitrogens with one attached hydrogen (secondary N) is 1. The monoisotopic (exact) mass is 426 g/mol. The minimum absolute atomic E-state index is 0.195. The number of fused-ring (bicyclic) bond motifs is 2. The number of ether oxygens (including phenoxy) is 1. The van der Waals surface area contributed by atoms with Crippen molar-refractivity contribution < 1.29 is 19.4 Å². The Labute approximate surface area is 185 Å². The third-order valence-corrected chi connectivity index (χ3v) is 6.18. The van der Waals surface area contributed by atoms with E-state index in [2.05, 4.69) is 4.98 Å². The summed E-state index contributed by atoms with van der Waals surface area (Å²) in [6.07, 6.45) is 1.82. The molecule has 0 spiro atoms. The molecule has 1 amide bonds. The molecule has 2 heterocycles. The summed E-state index contributed by atoms with van der Waals surface area (Å²) < 4.78 is 5.50. The standard InChI is InChI=1S/C26H22N2O4/c1-32-22-13-7-2-8-16(22)15-28-24(20-14-27-21-12-6-5-9-17(20)21)23(26(30)31)18-10-3-4-11-19(18)25(28)29/h2-14,23-24,27H,15H2,1H3,(H,30,31). The minimum Gasteiger partial charge on any atom is -0.496 e. The molecule has 0 fully saturated rings. The number of hydrogen-bond donors (Lipinski definition) is 2.